The zero-order valence-electron chi connectivity index (χ0n) is 20.3. The smallest absolute Gasteiger partial charge is 0.263 e. The van der Waals surface area contributed by atoms with Crippen molar-refractivity contribution in [3.63, 3.8) is 0 Å². The highest BCUT2D eigenvalue weighted by molar-refractivity contribution is 6.04. The number of hydrogen-bond acceptors (Lipinski definition) is 6. The standard InChI is InChI=1S/C27H27N7O2/c1-16(2)34-15-29-32-25(34)22-5-3-7-24(30-22)31-26(35)20-13-19(23-6-4-12-33(23)27(20)36)18-10-11-21(28-14-18)17-8-9-17/h3,5,7,10-11,13-17H,4,6,8-9,12H2,1-2H3,(H,30,31,35). The third-order valence-electron chi connectivity index (χ3n) is 6.88. The van der Waals surface area contributed by atoms with Gasteiger partial charge in [0.15, 0.2) is 5.82 Å². The summed E-state index contributed by atoms with van der Waals surface area (Å²) in [6, 6.07) is 11.3. The third kappa shape index (κ3) is 4.00. The molecule has 0 unspecified atom stereocenters. The van der Waals surface area contributed by atoms with E-state index < -0.39 is 5.91 Å². The van der Waals surface area contributed by atoms with Crippen LogP contribution in [0.5, 0.6) is 0 Å². The number of pyridine rings is 3. The minimum atomic E-state index is -0.485. The number of nitrogens with zero attached hydrogens (tertiary/aromatic N) is 6. The Morgan fingerprint density at radius 2 is 2.03 bits per heavy atom. The third-order valence-corrected chi connectivity index (χ3v) is 6.88. The predicted octanol–water partition coefficient (Wildman–Crippen LogP) is 4.22. The van der Waals surface area contributed by atoms with E-state index >= 15 is 0 Å². The number of carbonyl (C=O) groups is 1. The topological polar surface area (TPSA) is 108 Å². The van der Waals surface area contributed by atoms with Gasteiger partial charge >= 0.3 is 0 Å². The number of hydrogen-bond donors (Lipinski definition) is 1. The molecule has 1 amide bonds. The van der Waals surface area contributed by atoms with E-state index in [0.717, 1.165) is 35.4 Å². The number of anilines is 1. The lowest BCUT2D eigenvalue weighted by molar-refractivity contribution is 0.102. The lowest BCUT2D eigenvalue weighted by Crippen LogP contribution is -2.29. The zero-order valence-corrected chi connectivity index (χ0v) is 20.3. The first-order valence-corrected chi connectivity index (χ1v) is 12.4. The van der Waals surface area contributed by atoms with Crippen LogP contribution in [0, 0.1) is 0 Å². The Kier molecular flexibility index (Phi) is 5.47. The lowest BCUT2D eigenvalue weighted by Gasteiger charge is -2.14. The molecule has 4 aromatic heterocycles. The Hall–Kier alpha value is -4.14. The molecule has 36 heavy (non-hydrogen) atoms. The van der Waals surface area contributed by atoms with Crippen LogP contribution in [0.3, 0.4) is 0 Å². The van der Waals surface area contributed by atoms with E-state index in [0.29, 0.717) is 29.8 Å². The van der Waals surface area contributed by atoms with Crippen molar-refractivity contribution in [2.24, 2.45) is 0 Å². The average Bonchev–Trinajstić information content (AvgIpc) is 3.38. The maximum Gasteiger partial charge on any atom is 0.263 e. The molecule has 1 N–H and O–H groups in total. The van der Waals surface area contributed by atoms with Crippen molar-refractivity contribution in [1.29, 1.82) is 0 Å². The number of fused-ring (bicyclic) bond motifs is 1. The monoisotopic (exact) mass is 481 g/mol. The van der Waals surface area contributed by atoms with Gasteiger partial charge in [-0.1, -0.05) is 12.1 Å². The summed E-state index contributed by atoms with van der Waals surface area (Å²) in [5.74, 6) is 1.05. The van der Waals surface area contributed by atoms with Crippen molar-refractivity contribution in [1.82, 2.24) is 29.3 Å². The van der Waals surface area contributed by atoms with E-state index in [2.05, 4.69) is 37.6 Å². The second kappa shape index (κ2) is 8.82. The van der Waals surface area contributed by atoms with Gasteiger partial charge in [0.2, 0.25) is 0 Å². The minimum Gasteiger partial charge on any atom is -0.311 e. The molecule has 6 rings (SSSR count). The Labute approximate surface area is 208 Å². The van der Waals surface area contributed by atoms with Gasteiger partial charge in [-0.3, -0.25) is 14.6 Å². The van der Waals surface area contributed by atoms with Gasteiger partial charge in [0.25, 0.3) is 11.5 Å². The first kappa shape index (κ1) is 22.3. The fraction of sp³-hybridized carbons (Fsp3) is 0.333. The molecule has 1 fully saturated rings. The fourth-order valence-electron chi connectivity index (χ4n) is 4.83. The molecule has 5 heterocycles. The Bertz CT molecular complexity index is 1510. The second-order valence-corrected chi connectivity index (χ2v) is 9.74. The molecular formula is C27H27N7O2. The molecule has 4 aromatic rings. The van der Waals surface area contributed by atoms with Gasteiger partial charge in [-0.25, -0.2) is 4.98 Å². The van der Waals surface area contributed by atoms with Gasteiger partial charge in [-0.2, -0.15) is 0 Å². The van der Waals surface area contributed by atoms with E-state index in [1.54, 1.807) is 29.1 Å². The fourth-order valence-corrected chi connectivity index (χ4v) is 4.83. The van der Waals surface area contributed by atoms with Crippen LogP contribution in [0.2, 0.25) is 0 Å². The number of amides is 1. The Balaban J connectivity index is 1.33. The van der Waals surface area contributed by atoms with Crippen LogP contribution in [0.25, 0.3) is 22.6 Å². The maximum atomic E-state index is 13.3. The van der Waals surface area contributed by atoms with Crippen molar-refractivity contribution >= 4 is 11.7 Å². The largest absolute Gasteiger partial charge is 0.311 e. The summed E-state index contributed by atoms with van der Waals surface area (Å²) in [6.45, 7) is 4.67. The van der Waals surface area contributed by atoms with Crippen molar-refractivity contribution in [2.45, 2.75) is 58.0 Å². The highest BCUT2D eigenvalue weighted by atomic mass is 16.2. The van der Waals surface area contributed by atoms with E-state index in [9.17, 15) is 9.59 Å². The lowest BCUT2D eigenvalue weighted by atomic mass is 10.0. The first-order chi connectivity index (χ1) is 17.5. The van der Waals surface area contributed by atoms with Gasteiger partial charge in [0, 0.05) is 47.2 Å². The molecule has 1 saturated carbocycles. The van der Waals surface area contributed by atoms with Gasteiger partial charge < -0.3 is 14.5 Å². The van der Waals surface area contributed by atoms with Crippen LogP contribution in [0.15, 0.2) is 53.7 Å². The molecule has 1 aliphatic carbocycles. The number of carbonyl (C=O) groups excluding carboxylic acids is 1. The van der Waals surface area contributed by atoms with E-state index in [1.165, 1.54) is 12.8 Å². The van der Waals surface area contributed by atoms with Crippen LogP contribution in [-0.2, 0) is 13.0 Å². The van der Waals surface area contributed by atoms with Gasteiger partial charge in [0.1, 0.15) is 23.4 Å². The van der Waals surface area contributed by atoms with Gasteiger partial charge in [-0.15, -0.1) is 10.2 Å². The molecule has 0 saturated heterocycles. The van der Waals surface area contributed by atoms with Crippen LogP contribution in [0.1, 0.15) is 66.8 Å². The van der Waals surface area contributed by atoms with E-state index in [1.807, 2.05) is 30.7 Å². The predicted molar refractivity (Wildman–Crippen MR) is 136 cm³/mol. The van der Waals surface area contributed by atoms with Crippen LogP contribution < -0.4 is 10.9 Å². The maximum absolute atomic E-state index is 13.3. The van der Waals surface area contributed by atoms with Gasteiger partial charge in [0.05, 0.1) is 0 Å². The molecule has 0 atom stereocenters. The first-order valence-electron chi connectivity index (χ1n) is 12.4. The highest BCUT2D eigenvalue weighted by Crippen LogP contribution is 2.39. The molecule has 9 nitrogen and oxygen atoms in total. The number of nitrogens with one attached hydrogen (secondary N) is 1. The summed E-state index contributed by atoms with van der Waals surface area (Å²) in [7, 11) is 0. The summed E-state index contributed by atoms with van der Waals surface area (Å²) in [6.07, 6.45) is 7.59. The van der Waals surface area contributed by atoms with Crippen molar-refractivity contribution < 1.29 is 4.79 Å². The SMILES string of the molecule is CC(C)n1cnnc1-c1cccc(NC(=O)c2cc(-c3ccc(C4CC4)nc3)c3n(c2=O)CCC3)n1. The molecule has 2 aliphatic rings. The quantitative estimate of drug-likeness (QED) is 0.442. The summed E-state index contributed by atoms with van der Waals surface area (Å²) in [5, 5.41) is 11.0. The second-order valence-electron chi connectivity index (χ2n) is 9.74. The van der Waals surface area contributed by atoms with Crippen molar-refractivity contribution in [3.05, 3.63) is 76.2 Å². The molecule has 0 bridgehead atoms. The normalized spacial score (nSPS) is 14.8. The summed E-state index contributed by atoms with van der Waals surface area (Å²) in [5.41, 5.74) is 4.30. The molecule has 0 radical (unpaired) electrons. The average molecular weight is 482 g/mol. The summed E-state index contributed by atoms with van der Waals surface area (Å²) >= 11 is 0. The molecular weight excluding hydrogens is 454 g/mol. The molecule has 1 aliphatic heterocycles. The zero-order chi connectivity index (χ0) is 24.8. The van der Waals surface area contributed by atoms with Crippen LogP contribution in [-0.4, -0.2) is 35.2 Å². The van der Waals surface area contributed by atoms with Gasteiger partial charge in [-0.05, 0) is 63.8 Å². The van der Waals surface area contributed by atoms with E-state index in [-0.39, 0.29) is 17.2 Å². The van der Waals surface area contributed by atoms with Crippen molar-refractivity contribution in [2.75, 3.05) is 5.32 Å². The molecule has 182 valence electrons. The summed E-state index contributed by atoms with van der Waals surface area (Å²) in [4.78, 5) is 35.8. The molecule has 9 heteroatoms. The highest BCUT2D eigenvalue weighted by Gasteiger charge is 2.26. The van der Waals surface area contributed by atoms with E-state index in [4.69, 9.17) is 0 Å². The molecule has 0 spiro atoms. The molecule has 0 aromatic carbocycles. The number of aromatic nitrogens is 6. The minimum absolute atomic E-state index is 0.0967. The Morgan fingerprint density at radius 1 is 1.17 bits per heavy atom. The van der Waals surface area contributed by atoms with Crippen molar-refractivity contribution in [3.8, 4) is 22.6 Å². The Morgan fingerprint density at radius 3 is 2.78 bits per heavy atom. The summed E-state index contributed by atoms with van der Waals surface area (Å²) < 4.78 is 3.64. The van der Waals surface area contributed by atoms with Crippen LogP contribution >= 0.6 is 0 Å². The number of rotatable bonds is 6. The van der Waals surface area contributed by atoms with Crippen LogP contribution in [0.4, 0.5) is 5.82 Å².